The van der Waals surface area contributed by atoms with Crippen molar-refractivity contribution in [2.45, 2.75) is 33.3 Å². The molecule has 17 heavy (non-hydrogen) atoms. The Morgan fingerprint density at radius 1 is 1.29 bits per heavy atom. The molecule has 0 aliphatic carbocycles. The lowest BCUT2D eigenvalue weighted by molar-refractivity contribution is -0.115. The molecular formula is C14H19NO2. The molecule has 2 atom stereocenters. The Balaban J connectivity index is 2.24. The second-order valence-corrected chi connectivity index (χ2v) is 5.19. The average Bonchev–Trinajstić information content (AvgIpc) is 2.65. The van der Waals surface area contributed by atoms with Crippen LogP contribution in [0.5, 0.6) is 0 Å². The number of fused-ring (bicyclic) bond motifs is 1. The molecule has 0 radical (unpaired) electrons. The number of carbonyl (C=O) groups is 1. The van der Waals surface area contributed by atoms with E-state index in [1.807, 2.05) is 25.1 Å². The molecule has 2 N–H and O–H groups in total. The van der Waals surface area contributed by atoms with E-state index in [4.69, 9.17) is 0 Å². The van der Waals surface area contributed by atoms with Crippen LogP contribution in [0.15, 0.2) is 18.2 Å². The zero-order valence-corrected chi connectivity index (χ0v) is 10.5. The Hall–Kier alpha value is -1.35. The van der Waals surface area contributed by atoms with Gasteiger partial charge in [0.2, 0.25) is 5.91 Å². The molecule has 1 heterocycles. The highest BCUT2D eigenvalue weighted by molar-refractivity contribution is 5.99. The molecular weight excluding hydrogens is 214 g/mol. The van der Waals surface area contributed by atoms with Gasteiger partial charge >= 0.3 is 0 Å². The van der Waals surface area contributed by atoms with E-state index in [2.05, 4.69) is 19.2 Å². The van der Waals surface area contributed by atoms with Crippen LogP contribution in [0.2, 0.25) is 0 Å². The Morgan fingerprint density at radius 3 is 2.65 bits per heavy atom. The zero-order valence-electron chi connectivity index (χ0n) is 10.5. The van der Waals surface area contributed by atoms with Gasteiger partial charge in [-0.15, -0.1) is 0 Å². The summed E-state index contributed by atoms with van der Waals surface area (Å²) in [5.74, 6) is 0.666. The van der Waals surface area contributed by atoms with Gasteiger partial charge in [-0.25, -0.2) is 0 Å². The molecule has 3 heteroatoms. The Morgan fingerprint density at radius 2 is 2.00 bits per heavy atom. The van der Waals surface area contributed by atoms with Crippen LogP contribution in [0.3, 0.4) is 0 Å². The van der Waals surface area contributed by atoms with Crippen LogP contribution in [0.1, 0.15) is 38.0 Å². The van der Waals surface area contributed by atoms with Crippen molar-refractivity contribution in [3.05, 3.63) is 29.3 Å². The maximum Gasteiger partial charge on any atom is 0.228 e. The topological polar surface area (TPSA) is 49.3 Å². The van der Waals surface area contributed by atoms with E-state index >= 15 is 0 Å². The molecule has 92 valence electrons. The number of aliphatic hydroxyl groups is 1. The monoisotopic (exact) mass is 233 g/mol. The summed E-state index contributed by atoms with van der Waals surface area (Å²) in [5, 5.41) is 13.0. The molecule has 3 nitrogen and oxygen atoms in total. The molecule has 1 aromatic carbocycles. The highest BCUT2D eigenvalue weighted by Crippen LogP contribution is 2.31. The van der Waals surface area contributed by atoms with Gasteiger partial charge in [0.05, 0.1) is 12.5 Å². The summed E-state index contributed by atoms with van der Waals surface area (Å²) in [4.78, 5) is 11.2. The first-order valence-corrected chi connectivity index (χ1v) is 6.09. The van der Waals surface area contributed by atoms with Gasteiger partial charge in [-0.3, -0.25) is 4.79 Å². The molecule has 0 aromatic heterocycles. The molecule has 1 aliphatic heterocycles. The number of aliphatic hydroxyl groups excluding tert-OH is 1. The maximum absolute atomic E-state index is 11.2. The zero-order chi connectivity index (χ0) is 12.6. The standard InChI is InChI=1S/C14H19NO2/c1-8(2)9(3)14(17)10-4-5-12-11(6-10)7-13(16)15-12/h4-6,8-9,14,17H,7H2,1-3H3,(H,15,16). The molecule has 1 aliphatic rings. The first-order valence-electron chi connectivity index (χ1n) is 6.09. The largest absolute Gasteiger partial charge is 0.388 e. The Bertz CT molecular complexity index is 440. The van der Waals surface area contributed by atoms with Crippen molar-refractivity contribution in [3.63, 3.8) is 0 Å². The van der Waals surface area contributed by atoms with Crippen LogP contribution < -0.4 is 5.32 Å². The number of amides is 1. The molecule has 1 amide bonds. The minimum absolute atomic E-state index is 0.0311. The maximum atomic E-state index is 11.2. The van der Waals surface area contributed by atoms with Crippen LogP contribution in [0, 0.1) is 11.8 Å². The molecule has 0 spiro atoms. The minimum Gasteiger partial charge on any atom is -0.388 e. The number of hydrogen-bond acceptors (Lipinski definition) is 2. The average molecular weight is 233 g/mol. The molecule has 0 saturated carbocycles. The molecule has 0 bridgehead atoms. The van der Waals surface area contributed by atoms with E-state index in [0.717, 1.165) is 16.8 Å². The van der Waals surface area contributed by atoms with Crippen molar-refractivity contribution < 1.29 is 9.90 Å². The normalized spacial score (nSPS) is 17.8. The fourth-order valence-corrected chi connectivity index (χ4v) is 2.10. The first-order chi connectivity index (χ1) is 7.99. The molecule has 1 aromatic rings. The van der Waals surface area contributed by atoms with Crippen LogP contribution in [0.4, 0.5) is 5.69 Å². The van der Waals surface area contributed by atoms with E-state index < -0.39 is 6.10 Å². The summed E-state index contributed by atoms with van der Waals surface area (Å²) in [7, 11) is 0. The predicted octanol–water partition coefficient (Wildman–Crippen LogP) is 2.51. The second kappa shape index (κ2) is 4.49. The van der Waals surface area contributed by atoms with Gasteiger partial charge in [-0.2, -0.15) is 0 Å². The second-order valence-electron chi connectivity index (χ2n) is 5.19. The van der Waals surface area contributed by atoms with Gasteiger partial charge in [0.15, 0.2) is 0 Å². The SMILES string of the molecule is CC(C)C(C)C(O)c1ccc2c(c1)CC(=O)N2. The van der Waals surface area contributed by atoms with Crippen molar-refractivity contribution in [2.75, 3.05) is 5.32 Å². The lowest BCUT2D eigenvalue weighted by Crippen LogP contribution is -2.15. The van der Waals surface area contributed by atoms with Gasteiger partial charge < -0.3 is 10.4 Å². The van der Waals surface area contributed by atoms with Crippen LogP contribution in [-0.2, 0) is 11.2 Å². The minimum atomic E-state index is -0.462. The van der Waals surface area contributed by atoms with Gasteiger partial charge in [0.1, 0.15) is 0 Å². The van der Waals surface area contributed by atoms with Crippen molar-refractivity contribution in [1.82, 2.24) is 0 Å². The van der Waals surface area contributed by atoms with Gasteiger partial charge in [0.25, 0.3) is 0 Å². The van der Waals surface area contributed by atoms with Crippen molar-refractivity contribution in [1.29, 1.82) is 0 Å². The van der Waals surface area contributed by atoms with Crippen molar-refractivity contribution >= 4 is 11.6 Å². The number of nitrogens with one attached hydrogen (secondary N) is 1. The molecule has 0 saturated heterocycles. The van der Waals surface area contributed by atoms with E-state index in [0.29, 0.717) is 12.3 Å². The summed E-state index contributed by atoms with van der Waals surface area (Å²) in [5.41, 5.74) is 2.77. The van der Waals surface area contributed by atoms with Crippen molar-refractivity contribution in [3.8, 4) is 0 Å². The number of hydrogen-bond donors (Lipinski definition) is 2. The number of benzene rings is 1. The first kappa shape index (κ1) is 12.1. The summed E-state index contributed by atoms with van der Waals surface area (Å²) in [6.07, 6.45) is -0.0395. The van der Waals surface area contributed by atoms with Gasteiger partial charge in [-0.05, 0) is 29.0 Å². The third-order valence-electron chi connectivity index (χ3n) is 3.65. The van der Waals surface area contributed by atoms with Crippen molar-refractivity contribution in [2.24, 2.45) is 11.8 Å². The fourth-order valence-electron chi connectivity index (χ4n) is 2.10. The number of anilines is 1. The Kier molecular flexibility index (Phi) is 3.20. The van der Waals surface area contributed by atoms with Crippen LogP contribution in [0.25, 0.3) is 0 Å². The smallest absolute Gasteiger partial charge is 0.228 e. The van der Waals surface area contributed by atoms with E-state index in [9.17, 15) is 9.90 Å². The van der Waals surface area contributed by atoms with Crippen LogP contribution in [-0.4, -0.2) is 11.0 Å². The van der Waals surface area contributed by atoms with Crippen LogP contribution >= 0.6 is 0 Å². The highest BCUT2D eigenvalue weighted by Gasteiger charge is 2.23. The summed E-state index contributed by atoms with van der Waals surface area (Å²) < 4.78 is 0. The quantitative estimate of drug-likeness (QED) is 0.842. The fraction of sp³-hybridized carbons (Fsp3) is 0.500. The molecule has 2 rings (SSSR count). The molecule has 0 fully saturated rings. The van der Waals surface area contributed by atoms with E-state index in [1.165, 1.54) is 0 Å². The van der Waals surface area contributed by atoms with Gasteiger partial charge in [0, 0.05) is 5.69 Å². The van der Waals surface area contributed by atoms with E-state index in [-0.39, 0.29) is 11.8 Å². The lowest BCUT2D eigenvalue weighted by atomic mass is 9.87. The van der Waals surface area contributed by atoms with E-state index in [1.54, 1.807) is 0 Å². The molecule has 2 unspecified atom stereocenters. The number of rotatable bonds is 3. The summed E-state index contributed by atoms with van der Waals surface area (Å²) in [6.45, 7) is 6.25. The summed E-state index contributed by atoms with van der Waals surface area (Å²) in [6, 6.07) is 5.72. The van der Waals surface area contributed by atoms with Gasteiger partial charge in [-0.1, -0.05) is 32.9 Å². The predicted molar refractivity (Wildman–Crippen MR) is 67.7 cm³/mol. The highest BCUT2D eigenvalue weighted by atomic mass is 16.3. The Labute approximate surface area is 102 Å². The number of carbonyl (C=O) groups excluding carboxylic acids is 1. The lowest BCUT2D eigenvalue weighted by Gasteiger charge is -2.23. The summed E-state index contributed by atoms with van der Waals surface area (Å²) >= 11 is 0. The third kappa shape index (κ3) is 2.34. The third-order valence-corrected chi connectivity index (χ3v) is 3.65.